The quantitative estimate of drug-likeness (QED) is 0.847. The van der Waals surface area contributed by atoms with Crippen LogP contribution < -0.4 is 5.32 Å². The Morgan fingerprint density at radius 2 is 2.00 bits per heavy atom. The number of aryl methyl sites for hydroxylation is 2. The molecule has 1 aliphatic rings. The number of urea groups is 1. The van der Waals surface area contributed by atoms with Crippen molar-refractivity contribution in [2.45, 2.75) is 26.8 Å². The zero-order valence-electron chi connectivity index (χ0n) is 12.6. The number of hydrogen-bond donors (Lipinski definition) is 1. The number of hydrogen-bond acceptors (Lipinski definition) is 3. The lowest BCUT2D eigenvalue weighted by Crippen LogP contribution is -2.39. The highest BCUT2D eigenvalue weighted by Crippen LogP contribution is 2.28. The molecule has 6 heteroatoms. The lowest BCUT2D eigenvalue weighted by atomic mass is 9.98. The SMILES string of the molecule is Cc1cc(Br)c2c(c1)CN(C(=O)Nc1cnc(C)nc1)CC2. The third kappa shape index (κ3) is 3.11. The molecular formula is C16H17BrN4O. The van der Waals surface area contributed by atoms with Crippen LogP contribution in [0.25, 0.3) is 0 Å². The minimum atomic E-state index is -0.115. The van der Waals surface area contributed by atoms with Crippen molar-refractivity contribution in [3.8, 4) is 0 Å². The molecule has 1 aromatic carbocycles. The third-order valence-electron chi connectivity index (χ3n) is 3.74. The van der Waals surface area contributed by atoms with Gasteiger partial charge in [-0.15, -0.1) is 0 Å². The average Bonchev–Trinajstić information content (AvgIpc) is 2.48. The van der Waals surface area contributed by atoms with Gasteiger partial charge in [0.1, 0.15) is 5.82 Å². The lowest BCUT2D eigenvalue weighted by Gasteiger charge is -2.29. The molecule has 22 heavy (non-hydrogen) atoms. The first kappa shape index (κ1) is 15.0. The second-order valence-electron chi connectivity index (χ2n) is 5.51. The maximum absolute atomic E-state index is 12.4. The summed E-state index contributed by atoms with van der Waals surface area (Å²) < 4.78 is 1.13. The minimum Gasteiger partial charge on any atom is -0.320 e. The van der Waals surface area contributed by atoms with Crippen molar-refractivity contribution >= 4 is 27.6 Å². The molecule has 3 rings (SSSR count). The Morgan fingerprint density at radius 1 is 1.27 bits per heavy atom. The number of carbonyl (C=O) groups excluding carboxylic acids is 1. The van der Waals surface area contributed by atoms with Crippen LogP contribution in [0, 0.1) is 13.8 Å². The molecular weight excluding hydrogens is 344 g/mol. The molecule has 0 spiro atoms. The van der Waals surface area contributed by atoms with Gasteiger partial charge >= 0.3 is 6.03 Å². The Bertz CT molecular complexity index is 715. The molecule has 2 amide bonds. The Kier molecular flexibility index (Phi) is 4.11. The maximum Gasteiger partial charge on any atom is 0.322 e. The van der Waals surface area contributed by atoms with Crippen molar-refractivity contribution in [3.63, 3.8) is 0 Å². The van der Waals surface area contributed by atoms with E-state index in [1.807, 2.05) is 11.8 Å². The minimum absolute atomic E-state index is 0.115. The van der Waals surface area contributed by atoms with Crippen LogP contribution in [0.4, 0.5) is 10.5 Å². The molecule has 0 aliphatic carbocycles. The fourth-order valence-electron chi connectivity index (χ4n) is 2.63. The molecule has 0 bridgehead atoms. The molecule has 1 N–H and O–H groups in total. The van der Waals surface area contributed by atoms with E-state index < -0.39 is 0 Å². The molecule has 0 fully saturated rings. The summed E-state index contributed by atoms with van der Waals surface area (Å²) in [5, 5.41) is 2.85. The lowest BCUT2D eigenvalue weighted by molar-refractivity contribution is 0.206. The Hall–Kier alpha value is -1.95. The molecule has 0 saturated heterocycles. The van der Waals surface area contributed by atoms with Gasteiger partial charge in [-0.3, -0.25) is 0 Å². The van der Waals surface area contributed by atoms with Crippen molar-refractivity contribution in [1.82, 2.24) is 14.9 Å². The summed E-state index contributed by atoms with van der Waals surface area (Å²) in [6.07, 6.45) is 4.10. The van der Waals surface area contributed by atoms with Crippen LogP contribution in [-0.2, 0) is 13.0 Å². The molecule has 2 heterocycles. The molecule has 1 aromatic heterocycles. The van der Waals surface area contributed by atoms with Crippen molar-refractivity contribution in [1.29, 1.82) is 0 Å². The van der Waals surface area contributed by atoms with Gasteiger partial charge in [-0.2, -0.15) is 0 Å². The second-order valence-corrected chi connectivity index (χ2v) is 6.36. The standard InChI is InChI=1S/C16H17BrN4O/c1-10-5-12-9-21(4-3-14(12)15(17)6-10)16(22)20-13-7-18-11(2)19-8-13/h5-8H,3-4,9H2,1-2H3,(H,20,22). The summed E-state index contributed by atoms with van der Waals surface area (Å²) in [4.78, 5) is 22.4. The number of anilines is 1. The molecule has 5 nitrogen and oxygen atoms in total. The van der Waals surface area contributed by atoms with Crippen molar-refractivity contribution < 1.29 is 4.79 Å². The average molecular weight is 361 g/mol. The summed E-state index contributed by atoms with van der Waals surface area (Å²) in [5.41, 5.74) is 4.31. The number of rotatable bonds is 1. The maximum atomic E-state index is 12.4. The number of aromatic nitrogens is 2. The summed E-state index contributed by atoms with van der Waals surface area (Å²) >= 11 is 3.61. The summed E-state index contributed by atoms with van der Waals surface area (Å²) in [7, 11) is 0. The van der Waals surface area contributed by atoms with Crippen molar-refractivity contribution in [2.24, 2.45) is 0 Å². The predicted molar refractivity (Wildman–Crippen MR) is 88.8 cm³/mol. The molecule has 0 atom stereocenters. The first-order chi connectivity index (χ1) is 10.5. The van der Waals surface area contributed by atoms with E-state index in [0.717, 1.165) is 10.9 Å². The molecule has 0 radical (unpaired) electrons. The van der Waals surface area contributed by atoms with Crippen molar-refractivity contribution in [2.75, 3.05) is 11.9 Å². The van der Waals surface area contributed by atoms with Gasteiger partial charge < -0.3 is 10.2 Å². The number of amides is 2. The Balaban J connectivity index is 1.74. The molecule has 114 valence electrons. The monoisotopic (exact) mass is 360 g/mol. The normalized spacial score (nSPS) is 13.7. The van der Waals surface area contributed by atoms with Crippen LogP contribution in [0.3, 0.4) is 0 Å². The van der Waals surface area contributed by atoms with Crippen LogP contribution in [0.1, 0.15) is 22.5 Å². The van der Waals surface area contributed by atoms with Gasteiger partial charge in [0.05, 0.1) is 18.1 Å². The van der Waals surface area contributed by atoms with Gasteiger partial charge in [-0.1, -0.05) is 22.0 Å². The predicted octanol–water partition coefficient (Wildman–Crippen LogP) is 3.45. The Morgan fingerprint density at radius 3 is 2.73 bits per heavy atom. The van der Waals surface area contributed by atoms with E-state index in [1.165, 1.54) is 16.7 Å². The largest absolute Gasteiger partial charge is 0.322 e. The van der Waals surface area contributed by atoms with Gasteiger partial charge in [-0.25, -0.2) is 14.8 Å². The first-order valence-corrected chi connectivity index (χ1v) is 7.94. The van der Waals surface area contributed by atoms with Gasteiger partial charge in [0.2, 0.25) is 0 Å². The van der Waals surface area contributed by atoms with E-state index in [2.05, 4.69) is 50.3 Å². The van der Waals surface area contributed by atoms with Gasteiger partial charge in [0.25, 0.3) is 0 Å². The van der Waals surface area contributed by atoms with Crippen LogP contribution >= 0.6 is 15.9 Å². The van der Waals surface area contributed by atoms with E-state index in [0.29, 0.717) is 24.6 Å². The van der Waals surface area contributed by atoms with E-state index >= 15 is 0 Å². The van der Waals surface area contributed by atoms with Gasteiger partial charge in [-0.05, 0) is 43.0 Å². The van der Waals surface area contributed by atoms with E-state index in [1.54, 1.807) is 12.4 Å². The Labute approximate surface area is 137 Å². The molecule has 2 aromatic rings. The number of halogens is 1. The van der Waals surface area contributed by atoms with Crippen LogP contribution in [0.5, 0.6) is 0 Å². The van der Waals surface area contributed by atoms with Gasteiger partial charge in [0, 0.05) is 17.6 Å². The molecule has 0 unspecified atom stereocenters. The molecule has 0 saturated carbocycles. The number of nitrogens with one attached hydrogen (secondary N) is 1. The summed E-state index contributed by atoms with van der Waals surface area (Å²) in [5.74, 6) is 0.685. The number of carbonyl (C=O) groups is 1. The smallest absolute Gasteiger partial charge is 0.320 e. The fraction of sp³-hybridized carbons (Fsp3) is 0.312. The number of fused-ring (bicyclic) bond motifs is 1. The summed E-state index contributed by atoms with van der Waals surface area (Å²) in [6.45, 7) is 5.20. The zero-order valence-corrected chi connectivity index (χ0v) is 14.1. The third-order valence-corrected chi connectivity index (χ3v) is 4.45. The zero-order chi connectivity index (χ0) is 15.7. The number of benzene rings is 1. The van der Waals surface area contributed by atoms with Gasteiger partial charge in [0.15, 0.2) is 0 Å². The van der Waals surface area contributed by atoms with E-state index in [-0.39, 0.29) is 6.03 Å². The topological polar surface area (TPSA) is 58.1 Å². The fourth-order valence-corrected chi connectivity index (χ4v) is 3.44. The molecule has 1 aliphatic heterocycles. The van der Waals surface area contributed by atoms with Crippen LogP contribution in [0.15, 0.2) is 29.0 Å². The first-order valence-electron chi connectivity index (χ1n) is 7.15. The second kappa shape index (κ2) is 6.04. The van der Waals surface area contributed by atoms with Crippen LogP contribution in [-0.4, -0.2) is 27.4 Å². The van der Waals surface area contributed by atoms with Crippen molar-refractivity contribution in [3.05, 3.63) is 51.5 Å². The highest BCUT2D eigenvalue weighted by Gasteiger charge is 2.22. The van der Waals surface area contributed by atoms with E-state index in [4.69, 9.17) is 0 Å². The highest BCUT2D eigenvalue weighted by molar-refractivity contribution is 9.10. The van der Waals surface area contributed by atoms with Crippen LogP contribution in [0.2, 0.25) is 0 Å². The highest BCUT2D eigenvalue weighted by atomic mass is 79.9. The summed E-state index contributed by atoms with van der Waals surface area (Å²) in [6, 6.07) is 4.16. The van der Waals surface area contributed by atoms with E-state index in [9.17, 15) is 4.79 Å². The number of nitrogens with zero attached hydrogens (tertiary/aromatic N) is 3.